The Bertz CT molecular complexity index is 408. The van der Waals surface area contributed by atoms with Crippen molar-refractivity contribution in [3.8, 4) is 0 Å². The van der Waals surface area contributed by atoms with Crippen molar-refractivity contribution in [2.45, 2.75) is 13.0 Å². The lowest BCUT2D eigenvalue weighted by atomic mass is 10.4. The molecule has 0 spiro atoms. The van der Waals surface area contributed by atoms with Gasteiger partial charge >= 0.3 is 0 Å². The molecule has 6 heteroatoms. The molecule has 5 nitrogen and oxygen atoms in total. The highest BCUT2D eigenvalue weighted by Gasteiger charge is 2.04. The zero-order valence-electron chi connectivity index (χ0n) is 7.88. The number of sulfone groups is 1. The molecule has 0 amide bonds. The number of rotatable bonds is 5. The van der Waals surface area contributed by atoms with Gasteiger partial charge in [0.2, 0.25) is 0 Å². The Hall–Kier alpha value is -1.17. The molecule has 0 fully saturated rings. The van der Waals surface area contributed by atoms with E-state index in [-0.39, 0.29) is 5.75 Å². The predicted octanol–water partition coefficient (Wildman–Crippen LogP) is 0.130. The lowest BCUT2D eigenvalue weighted by Crippen LogP contribution is -2.08. The second-order valence-electron chi connectivity index (χ2n) is 3.11. The first-order valence-corrected chi connectivity index (χ1v) is 6.22. The maximum Gasteiger partial charge on any atom is 0.168 e. The van der Waals surface area contributed by atoms with Gasteiger partial charge in [-0.1, -0.05) is 0 Å². The van der Waals surface area contributed by atoms with Crippen LogP contribution in [-0.4, -0.2) is 36.3 Å². The third-order valence-electron chi connectivity index (χ3n) is 1.78. The number of carbonyl (C=O) groups excluding carboxylic acids is 1. The summed E-state index contributed by atoms with van der Waals surface area (Å²) in [6, 6.07) is 0. The molecular weight excluding hydrogens is 204 g/mol. The predicted molar refractivity (Wildman–Crippen MR) is 51.9 cm³/mol. The summed E-state index contributed by atoms with van der Waals surface area (Å²) in [6.45, 7) is 0.501. The van der Waals surface area contributed by atoms with E-state index in [0.29, 0.717) is 24.9 Å². The van der Waals surface area contributed by atoms with Gasteiger partial charge in [0.15, 0.2) is 6.29 Å². The van der Waals surface area contributed by atoms with E-state index < -0.39 is 9.84 Å². The third-order valence-corrected chi connectivity index (χ3v) is 2.81. The van der Waals surface area contributed by atoms with Crippen LogP contribution in [0.2, 0.25) is 0 Å². The van der Waals surface area contributed by atoms with E-state index >= 15 is 0 Å². The van der Waals surface area contributed by atoms with E-state index in [0.717, 1.165) is 0 Å². The van der Waals surface area contributed by atoms with Crippen LogP contribution in [0.4, 0.5) is 0 Å². The Morgan fingerprint density at radius 1 is 1.57 bits per heavy atom. The molecule has 0 bridgehead atoms. The Morgan fingerprint density at radius 3 is 2.86 bits per heavy atom. The van der Waals surface area contributed by atoms with E-state index in [4.69, 9.17) is 0 Å². The van der Waals surface area contributed by atoms with E-state index in [1.54, 1.807) is 4.57 Å². The van der Waals surface area contributed by atoms with Gasteiger partial charge in [0.25, 0.3) is 0 Å². The monoisotopic (exact) mass is 216 g/mol. The number of aromatic nitrogens is 2. The third kappa shape index (κ3) is 3.29. The number of imidazole rings is 1. The summed E-state index contributed by atoms with van der Waals surface area (Å²) in [4.78, 5) is 14.3. The van der Waals surface area contributed by atoms with Crippen molar-refractivity contribution in [1.82, 2.24) is 9.55 Å². The van der Waals surface area contributed by atoms with Crippen LogP contribution in [0.5, 0.6) is 0 Å². The van der Waals surface area contributed by atoms with Crippen molar-refractivity contribution in [1.29, 1.82) is 0 Å². The molecule has 0 unspecified atom stereocenters. The van der Waals surface area contributed by atoms with Gasteiger partial charge in [-0.3, -0.25) is 4.79 Å². The normalized spacial score (nSPS) is 11.5. The standard InChI is InChI=1S/C8H12N2O3S/c1-14(12,13)4-2-3-10-7-9-5-8(10)6-11/h5-7H,2-4H2,1H3. The van der Waals surface area contributed by atoms with Crippen LogP contribution < -0.4 is 0 Å². The average Bonchev–Trinajstić information content (AvgIpc) is 2.49. The van der Waals surface area contributed by atoms with Crippen LogP contribution in [0.25, 0.3) is 0 Å². The van der Waals surface area contributed by atoms with Gasteiger partial charge in [-0.2, -0.15) is 0 Å². The van der Waals surface area contributed by atoms with E-state index in [1.165, 1.54) is 18.8 Å². The van der Waals surface area contributed by atoms with Crippen molar-refractivity contribution in [2.75, 3.05) is 12.0 Å². The Labute approximate surface area is 82.7 Å². The van der Waals surface area contributed by atoms with E-state index in [9.17, 15) is 13.2 Å². The molecule has 0 N–H and O–H groups in total. The summed E-state index contributed by atoms with van der Waals surface area (Å²) in [7, 11) is -2.92. The first-order valence-electron chi connectivity index (χ1n) is 4.16. The Balaban J connectivity index is 2.50. The molecule has 0 aliphatic carbocycles. The quantitative estimate of drug-likeness (QED) is 0.656. The van der Waals surface area contributed by atoms with Gasteiger partial charge in [-0.15, -0.1) is 0 Å². The van der Waals surface area contributed by atoms with Gasteiger partial charge in [0.05, 0.1) is 18.3 Å². The van der Waals surface area contributed by atoms with Crippen molar-refractivity contribution in [2.24, 2.45) is 0 Å². The number of aldehydes is 1. The smallest absolute Gasteiger partial charge is 0.168 e. The van der Waals surface area contributed by atoms with Crippen molar-refractivity contribution < 1.29 is 13.2 Å². The number of hydrogen-bond donors (Lipinski definition) is 0. The number of aryl methyl sites for hydroxylation is 1. The van der Waals surface area contributed by atoms with Crippen LogP contribution in [0.1, 0.15) is 16.9 Å². The van der Waals surface area contributed by atoms with Gasteiger partial charge in [0.1, 0.15) is 15.5 Å². The number of nitrogens with zero attached hydrogens (tertiary/aromatic N) is 2. The van der Waals surface area contributed by atoms with E-state index in [1.807, 2.05) is 0 Å². The fourth-order valence-corrected chi connectivity index (χ4v) is 1.77. The zero-order chi connectivity index (χ0) is 10.6. The summed E-state index contributed by atoms with van der Waals surface area (Å²) in [5, 5.41) is 0. The first kappa shape index (κ1) is 10.9. The molecule has 1 heterocycles. The Morgan fingerprint density at radius 2 is 2.29 bits per heavy atom. The van der Waals surface area contributed by atoms with Gasteiger partial charge in [-0.05, 0) is 6.42 Å². The minimum absolute atomic E-state index is 0.128. The second-order valence-corrected chi connectivity index (χ2v) is 5.37. The molecule has 0 saturated heterocycles. The molecule has 0 aromatic carbocycles. The lowest BCUT2D eigenvalue weighted by molar-refractivity contribution is 0.111. The van der Waals surface area contributed by atoms with Crippen LogP contribution >= 0.6 is 0 Å². The summed E-state index contributed by atoms with van der Waals surface area (Å²) >= 11 is 0. The summed E-state index contributed by atoms with van der Waals surface area (Å²) < 4.78 is 23.3. The SMILES string of the molecule is CS(=O)(=O)CCCn1cncc1C=O. The fourth-order valence-electron chi connectivity index (χ4n) is 1.11. The highest BCUT2D eigenvalue weighted by molar-refractivity contribution is 7.90. The van der Waals surface area contributed by atoms with Gasteiger partial charge in [-0.25, -0.2) is 13.4 Å². The second kappa shape index (κ2) is 4.36. The van der Waals surface area contributed by atoms with Crippen LogP contribution in [-0.2, 0) is 16.4 Å². The summed E-state index contributed by atoms with van der Waals surface area (Å²) in [5.41, 5.74) is 0.471. The minimum Gasteiger partial charge on any atom is -0.328 e. The molecule has 0 radical (unpaired) electrons. The first-order chi connectivity index (χ1) is 6.53. The molecule has 0 saturated carbocycles. The molecular formula is C8H12N2O3S. The van der Waals surface area contributed by atoms with Crippen LogP contribution in [0, 0.1) is 0 Å². The van der Waals surface area contributed by atoms with E-state index in [2.05, 4.69) is 4.98 Å². The number of hydrogen-bond acceptors (Lipinski definition) is 4. The van der Waals surface area contributed by atoms with Crippen molar-refractivity contribution >= 4 is 16.1 Å². The molecule has 1 aromatic heterocycles. The van der Waals surface area contributed by atoms with Gasteiger partial charge in [0, 0.05) is 12.8 Å². The molecule has 1 aromatic rings. The fraction of sp³-hybridized carbons (Fsp3) is 0.500. The molecule has 0 aliphatic rings. The van der Waals surface area contributed by atoms with Crippen molar-refractivity contribution in [3.05, 3.63) is 18.2 Å². The maximum absolute atomic E-state index is 10.8. The molecule has 0 aliphatic heterocycles. The largest absolute Gasteiger partial charge is 0.328 e. The summed E-state index contributed by atoms with van der Waals surface area (Å²) in [5.74, 6) is 0.128. The highest BCUT2D eigenvalue weighted by Crippen LogP contribution is 1.99. The highest BCUT2D eigenvalue weighted by atomic mass is 32.2. The molecule has 1 rings (SSSR count). The van der Waals surface area contributed by atoms with Crippen LogP contribution in [0.3, 0.4) is 0 Å². The molecule has 78 valence electrons. The maximum atomic E-state index is 10.8. The number of carbonyl (C=O) groups is 1. The topological polar surface area (TPSA) is 69.0 Å². The zero-order valence-corrected chi connectivity index (χ0v) is 8.70. The Kier molecular flexibility index (Phi) is 3.40. The van der Waals surface area contributed by atoms with Crippen molar-refractivity contribution in [3.63, 3.8) is 0 Å². The lowest BCUT2D eigenvalue weighted by Gasteiger charge is -2.02. The van der Waals surface area contributed by atoms with Gasteiger partial charge < -0.3 is 4.57 Å². The van der Waals surface area contributed by atoms with Crippen LogP contribution in [0.15, 0.2) is 12.5 Å². The average molecular weight is 216 g/mol. The summed E-state index contributed by atoms with van der Waals surface area (Å²) in [6.07, 6.45) is 5.37. The molecule has 14 heavy (non-hydrogen) atoms. The minimum atomic E-state index is -2.92. The molecule has 0 atom stereocenters.